The van der Waals surface area contributed by atoms with Gasteiger partial charge in [0.2, 0.25) is 5.91 Å². The molecule has 0 bridgehead atoms. The zero-order chi connectivity index (χ0) is 16.1. The molecule has 22 heavy (non-hydrogen) atoms. The molecule has 2 rings (SSSR count). The van der Waals surface area contributed by atoms with Gasteiger partial charge in [0.15, 0.2) is 0 Å². The number of hydrogen-bond acceptors (Lipinski definition) is 6. The molecule has 7 heteroatoms. The second-order valence-electron chi connectivity index (χ2n) is 5.36. The van der Waals surface area contributed by atoms with Crippen molar-refractivity contribution in [2.24, 2.45) is 5.73 Å². The van der Waals surface area contributed by atoms with E-state index in [1.807, 2.05) is 7.05 Å². The molecule has 1 aromatic heterocycles. The minimum atomic E-state index is -0.348. The van der Waals surface area contributed by atoms with Gasteiger partial charge in [-0.25, -0.2) is 4.79 Å². The standard InChI is InChI=1S/C15H23N3O3S/c1-3-21-15(20)13-10-6-8-18(2)9-11(10)22-14(13)17-12(19)5-4-7-16/h3-9,16H2,1-2H3,(H,17,19). The highest BCUT2D eigenvalue weighted by Crippen LogP contribution is 2.37. The summed E-state index contributed by atoms with van der Waals surface area (Å²) in [5, 5.41) is 3.47. The van der Waals surface area contributed by atoms with Crippen LogP contribution in [0, 0.1) is 0 Å². The van der Waals surface area contributed by atoms with Gasteiger partial charge in [-0.05, 0) is 38.9 Å². The van der Waals surface area contributed by atoms with E-state index in [4.69, 9.17) is 10.5 Å². The van der Waals surface area contributed by atoms with Crippen molar-refractivity contribution in [2.75, 3.05) is 32.1 Å². The predicted octanol–water partition coefficient (Wildman–Crippen LogP) is 1.59. The van der Waals surface area contributed by atoms with E-state index in [0.29, 0.717) is 36.6 Å². The Kier molecular flexibility index (Phi) is 5.93. The van der Waals surface area contributed by atoms with E-state index in [-0.39, 0.29) is 11.9 Å². The van der Waals surface area contributed by atoms with Crippen LogP contribution in [0.3, 0.4) is 0 Å². The van der Waals surface area contributed by atoms with Gasteiger partial charge in [-0.1, -0.05) is 0 Å². The molecule has 3 N–H and O–H groups in total. The summed E-state index contributed by atoms with van der Waals surface area (Å²) < 4.78 is 5.17. The summed E-state index contributed by atoms with van der Waals surface area (Å²) in [5.41, 5.74) is 6.99. The average molecular weight is 325 g/mol. The minimum Gasteiger partial charge on any atom is -0.462 e. The predicted molar refractivity (Wildman–Crippen MR) is 87.2 cm³/mol. The van der Waals surface area contributed by atoms with Crippen molar-refractivity contribution in [2.45, 2.75) is 32.7 Å². The number of ether oxygens (including phenoxy) is 1. The van der Waals surface area contributed by atoms with Crippen molar-refractivity contribution < 1.29 is 14.3 Å². The smallest absolute Gasteiger partial charge is 0.341 e. The lowest BCUT2D eigenvalue weighted by Crippen LogP contribution is -2.26. The van der Waals surface area contributed by atoms with Crippen molar-refractivity contribution in [1.82, 2.24) is 4.90 Å². The summed E-state index contributed by atoms with van der Waals surface area (Å²) >= 11 is 1.48. The molecule has 1 aliphatic rings. The van der Waals surface area contributed by atoms with E-state index >= 15 is 0 Å². The Hall–Kier alpha value is -1.44. The number of anilines is 1. The normalized spacial score (nSPS) is 14.5. The molecule has 0 spiro atoms. The van der Waals surface area contributed by atoms with Crippen LogP contribution in [-0.2, 0) is 22.5 Å². The van der Waals surface area contributed by atoms with Gasteiger partial charge in [0.25, 0.3) is 0 Å². The topological polar surface area (TPSA) is 84.7 Å². The Bertz CT molecular complexity index is 556. The summed E-state index contributed by atoms with van der Waals surface area (Å²) in [7, 11) is 2.05. The first-order valence-corrected chi connectivity index (χ1v) is 8.38. The van der Waals surface area contributed by atoms with Crippen LogP contribution in [-0.4, -0.2) is 43.5 Å². The molecule has 0 aliphatic carbocycles. The molecule has 0 saturated carbocycles. The molecule has 0 radical (unpaired) electrons. The van der Waals surface area contributed by atoms with Crippen LogP contribution in [0.2, 0.25) is 0 Å². The lowest BCUT2D eigenvalue weighted by molar-refractivity contribution is -0.116. The molecule has 2 heterocycles. The van der Waals surface area contributed by atoms with E-state index < -0.39 is 0 Å². The first-order valence-electron chi connectivity index (χ1n) is 7.56. The average Bonchev–Trinajstić information content (AvgIpc) is 2.82. The van der Waals surface area contributed by atoms with Crippen molar-refractivity contribution >= 4 is 28.2 Å². The maximum Gasteiger partial charge on any atom is 0.341 e. The molecule has 1 aromatic rings. The van der Waals surface area contributed by atoms with Gasteiger partial charge in [0.1, 0.15) is 5.00 Å². The monoisotopic (exact) mass is 325 g/mol. The maximum absolute atomic E-state index is 12.3. The molecule has 0 aromatic carbocycles. The Labute approximate surface area is 134 Å². The highest BCUT2D eigenvalue weighted by Gasteiger charge is 2.28. The van der Waals surface area contributed by atoms with Gasteiger partial charge in [-0.3, -0.25) is 4.79 Å². The van der Waals surface area contributed by atoms with E-state index in [9.17, 15) is 9.59 Å². The number of fused-ring (bicyclic) bond motifs is 1. The van der Waals surface area contributed by atoms with Gasteiger partial charge in [-0.2, -0.15) is 0 Å². The van der Waals surface area contributed by atoms with Gasteiger partial charge < -0.3 is 20.7 Å². The van der Waals surface area contributed by atoms with Crippen LogP contribution < -0.4 is 11.1 Å². The zero-order valence-electron chi connectivity index (χ0n) is 13.1. The van der Waals surface area contributed by atoms with Crippen LogP contribution in [0.5, 0.6) is 0 Å². The van der Waals surface area contributed by atoms with Crippen LogP contribution in [0.15, 0.2) is 0 Å². The fourth-order valence-electron chi connectivity index (χ4n) is 2.49. The summed E-state index contributed by atoms with van der Waals surface area (Å²) in [6.45, 7) is 4.28. The number of rotatable bonds is 6. The number of carbonyl (C=O) groups is 2. The maximum atomic E-state index is 12.3. The van der Waals surface area contributed by atoms with Crippen molar-refractivity contribution in [1.29, 1.82) is 0 Å². The zero-order valence-corrected chi connectivity index (χ0v) is 13.9. The molecular weight excluding hydrogens is 302 g/mol. The van der Waals surface area contributed by atoms with Gasteiger partial charge in [-0.15, -0.1) is 11.3 Å². The fraction of sp³-hybridized carbons (Fsp3) is 0.600. The Balaban J connectivity index is 2.27. The highest BCUT2D eigenvalue weighted by molar-refractivity contribution is 7.17. The van der Waals surface area contributed by atoms with Gasteiger partial charge in [0, 0.05) is 24.4 Å². The number of esters is 1. The summed E-state index contributed by atoms with van der Waals surface area (Å²) in [4.78, 5) is 27.6. The van der Waals surface area contributed by atoms with Gasteiger partial charge >= 0.3 is 5.97 Å². The third-order valence-electron chi connectivity index (χ3n) is 3.59. The first kappa shape index (κ1) is 16.9. The second-order valence-corrected chi connectivity index (χ2v) is 6.46. The molecule has 0 fully saturated rings. The van der Waals surface area contributed by atoms with E-state index in [1.165, 1.54) is 11.3 Å². The number of hydrogen-bond donors (Lipinski definition) is 2. The van der Waals surface area contributed by atoms with Crippen LogP contribution in [0.4, 0.5) is 5.00 Å². The molecule has 0 atom stereocenters. The summed E-state index contributed by atoms with van der Waals surface area (Å²) in [6, 6.07) is 0. The van der Waals surface area contributed by atoms with Crippen LogP contribution in [0.25, 0.3) is 0 Å². The Morgan fingerprint density at radius 3 is 2.91 bits per heavy atom. The number of nitrogens with one attached hydrogen (secondary N) is 1. The molecule has 6 nitrogen and oxygen atoms in total. The fourth-order valence-corrected chi connectivity index (χ4v) is 3.82. The van der Waals surface area contributed by atoms with Crippen molar-refractivity contribution in [3.8, 4) is 0 Å². The molecule has 1 aliphatic heterocycles. The second kappa shape index (κ2) is 7.71. The van der Waals surface area contributed by atoms with Crippen molar-refractivity contribution in [3.63, 3.8) is 0 Å². The quantitative estimate of drug-likeness (QED) is 0.776. The SMILES string of the molecule is CCOC(=O)c1c(NC(=O)CCCN)sc2c1CCN(C)C2. The summed E-state index contributed by atoms with van der Waals surface area (Å²) in [6.07, 6.45) is 1.80. The largest absolute Gasteiger partial charge is 0.462 e. The third kappa shape index (κ3) is 3.85. The summed E-state index contributed by atoms with van der Waals surface area (Å²) in [5.74, 6) is -0.457. The number of nitrogens with two attached hydrogens (primary N) is 1. The number of carbonyl (C=O) groups excluding carboxylic acids is 2. The molecule has 0 unspecified atom stereocenters. The van der Waals surface area contributed by atoms with Crippen molar-refractivity contribution in [3.05, 3.63) is 16.0 Å². The van der Waals surface area contributed by atoms with Crippen LogP contribution >= 0.6 is 11.3 Å². The van der Waals surface area contributed by atoms with E-state index in [1.54, 1.807) is 6.92 Å². The third-order valence-corrected chi connectivity index (χ3v) is 4.72. The number of likely N-dealkylation sites (N-methyl/N-ethyl adjacent to an activating group) is 1. The Morgan fingerprint density at radius 2 is 2.23 bits per heavy atom. The number of amides is 1. The Morgan fingerprint density at radius 1 is 1.45 bits per heavy atom. The lowest BCUT2D eigenvalue weighted by atomic mass is 10.0. The number of thiophene rings is 1. The van der Waals surface area contributed by atoms with Crippen LogP contribution in [0.1, 0.15) is 40.6 Å². The minimum absolute atomic E-state index is 0.108. The lowest BCUT2D eigenvalue weighted by Gasteiger charge is -2.22. The van der Waals surface area contributed by atoms with E-state index in [2.05, 4.69) is 10.2 Å². The highest BCUT2D eigenvalue weighted by atomic mass is 32.1. The molecule has 1 amide bonds. The molecule has 122 valence electrons. The molecular formula is C15H23N3O3S. The van der Waals surface area contributed by atoms with Gasteiger partial charge in [0.05, 0.1) is 12.2 Å². The number of nitrogens with zero attached hydrogens (tertiary/aromatic N) is 1. The van der Waals surface area contributed by atoms with E-state index in [0.717, 1.165) is 30.0 Å². The molecule has 0 saturated heterocycles. The first-order chi connectivity index (χ1) is 10.6.